The topological polar surface area (TPSA) is 53.4 Å². The zero-order chi connectivity index (χ0) is 14.8. The zero-order valence-corrected chi connectivity index (χ0v) is 12.6. The monoisotopic (exact) mass is 276 g/mol. The van der Waals surface area contributed by atoms with Crippen LogP contribution < -0.4 is 0 Å². The summed E-state index contributed by atoms with van der Waals surface area (Å²) in [5.74, 6) is 0.172. The number of hydrogen-bond donors (Lipinski definition) is 1. The van der Waals surface area contributed by atoms with Crippen LogP contribution in [0.15, 0.2) is 24.5 Å². The number of amides is 1. The quantitative estimate of drug-likeness (QED) is 0.919. The highest BCUT2D eigenvalue weighted by atomic mass is 16.3. The molecule has 0 unspecified atom stereocenters. The maximum Gasteiger partial charge on any atom is 0.222 e. The van der Waals surface area contributed by atoms with Crippen molar-refractivity contribution in [1.82, 2.24) is 9.88 Å². The van der Waals surface area contributed by atoms with Crippen LogP contribution in [0.3, 0.4) is 0 Å². The Balaban J connectivity index is 1.91. The molecule has 4 heteroatoms. The summed E-state index contributed by atoms with van der Waals surface area (Å²) in [6.45, 7) is 7.18. The van der Waals surface area contributed by atoms with E-state index in [1.807, 2.05) is 37.8 Å². The van der Waals surface area contributed by atoms with Crippen LogP contribution in [0.2, 0.25) is 0 Å². The van der Waals surface area contributed by atoms with Crippen molar-refractivity contribution in [2.45, 2.75) is 45.6 Å². The fraction of sp³-hybridized carbons (Fsp3) is 0.625. The Morgan fingerprint density at radius 3 is 2.60 bits per heavy atom. The number of piperidine rings is 1. The largest absolute Gasteiger partial charge is 0.389 e. The number of nitrogens with zero attached hydrogens (tertiary/aromatic N) is 2. The van der Waals surface area contributed by atoms with Gasteiger partial charge >= 0.3 is 0 Å². The second-order valence-electron chi connectivity index (χ2n) is 6.58. The number of rotatable bonds is 3. The molecule has 0 aliphatic carbocycles. The minimum absolute atomic E-state index is 0.172. The maximum absolute atomic E-state index is 12.3. The SMILES string of the molecule is CC1(C)CN(C(=O)CCc2ccncc2)CC[C@]1(C)O. The lowest BCUT2D eigenvalue weighted by molar-refractivity contribution is -0.147. The van der Waals surface area contributed by atoms with E-state index in [1.54, 1.807) is 12.4 Å². The fourth-order valence-electron chi connectivity index (χ4n) is 2.59. The highest BCUT2D eigenvalue weighted by Crippen LogP contribution is 2.38. The predicted octanol–water partition coefficient (Wildman–Crippen LogP) is 2.02. The summed E-state index contributed by atoms with van der Waals surface area (Å²) in [5.41, 5.74) is 0.170. The number of pyridine rings is 1. The molecule has 1 aliphatic rings. The molecule has 1 aliphatic heterocycles. The molecule has 1 N–H and O–H groups in total. The molecule has 1 amide bonds. The summed E-state index contributed by atoms with van der Waals surface area (Å²) in [4.78, 5) is 18.2. The number of hydrogen-bond acceptors (Lipinski definition) is 3. The molecule has 0 bridgehead atoms. The van der Waals surface area contributed by atoms with E-state index in [9.17, 15) is 9.90 Å². The first-order valence-electron chi connectivity index (χ1n) is 7.21. The van der Waals surface area contributed by atoms with Gasteiger partial charge in [0, 0.05) is 37.3 Å². The average Bonchev–Trinajstić information content (AvgIpc) is 2.40. The number of likely N-dealkylation sites (tertiary alicyclic amines) is 1. The Hall–Kier alpha value is -1.42. The van der Waals surface area contributed by atoms with Gasteiger partial charge in [0.05, 0.1) is 5.60 Å². The molecule has 0 saturated carbocycles. The van der Waals surface area contributed by atoms with Gasteiger partial charge in [-0.05, 0) is 37.5 Å². The van der Waals surface area contributed by atoms with Gasteiger partial charge in [-0.1, -0.05) is 13.8 Å². The van der Waals surface area contributed by atoms with Crippen LogP contribution in [0.25, 0.3) is 0 Å². The lowest BCUT2D eigenvalue weighted by Crippen LogP contribution is -2.57. The molecular formula is C16H24N2O2. The molecule has 1 aromatic heterocycles. The van der Waals surface area contributed by atoms with Crippen molar-refractivity contribution in [3.63, 3.8) is 0 Å². The first kappa shape index (κ1) is 15.0. The van der Waals surface area contributed by atoms with Gasteiger partial charge in [-0.2, -0.15) is 0 Å². The highest BCUT2D eigenvalue weighted by molar-refractivity contribution is 5.76. The first-order chi connectivity index (χ1) is 9.32. The number of aromatic nitrogens is 1. The van der Waals surface area contributed by atoms with Crippen molar-refractivity contribution >= 4 is 5.91 Å². The summed E-state index contributed by atoms with van der Waals surface area (Å²) >= 11 is 0. The normalized spacial score (nSPS) is 25.5. The number of aliphatic hydroxyl groups is 1. The van der Waals surface area contributed by atoms with Gasteiger partial charge in [0.2, 0.25) is 5.91 Å². The maximum atomic E-state index is 12.3. The van der Waals surface area contributed by atoms with Crippen molar-refractivity contribution < 1.29 is 9.90 Å². The van der Waals surface area contributed by atoms with Crippen molar-refractivity contribution in [2.75, 3.05) is 13.1 Å². The van der Waals surface area contributed by atoms with Crippen molar-refractivity contribution in [2.24, 2.45) is 5.41 Å². The molecule has 1 saturated heterocycles. The van der Waals surface area contributed by atoms with Gasteiger partial charge in [-0.15, -0.1) is 0 Å². The Labute approximate surface area is 120 Å². The predicted molar refractivity (Wildman–Crippen MR) is 78.2 cm³/mol. The van der Waals surface area contributed by atoms with Crippen LogP contribution in [-0.2, 0) is 11.2 Å². The minimum Gasteiger partial charge on any atom is -0.389 e. The molecule has 1 aromatic rings. The van der Waals surface area contributed by atoms with Gasteiger partial charge in [-0.3, -0.25) is 9.78 Å². The Bertz CT molecular complexity index is 469. The molecule has 1 fully saturated rings. The molecule has 0 aromatic carbocycles. The average molecular weight is 276 g/mol. The van der Waals surface area contributed by atoms with Gasteiger partial charge in [0.15, 0.2) is 0 Å². The van der Waals surface area contributed by atoms with Gasteiger partial charge < -0.3 is 10.0 Å². The van der Waals surface area contributed by atoms with Crippen LogP contribution in [0, 0.1) is 5.41 Å². The van der Waals surface area contributed by atoms with E-state index in [1.165, 1.54) is 0 Å². The van der Waals surface area contributed by atoms with Crippen LogP contribution in [0.4, 0.5) is 0 Å². The Morgan fingerprint density at radius 1 is 1.35 bits per heavy atom. The number of aryl methyl sites for hydroxylation is 1. The van der Waals surface area contributed by atoms with E-state index in [2.05, 4.69) is 4.98 Å². The second kappa shape index (κ2) is 5.52. The molecule has 4 nitrogen and oxygen atoms in total. The van der Waals surface area contributed by atoms with Crippen molar-refractivity contribution in [1.29, 1.82) is 0 Å². The summed E-state index contributed by atoms with van der Waals surface area (Å²) in [7, 11) is 0. The van der Waals surface area contributed by atoms with Gasteiger partial charge in [0.1, 0.15) is 0 Å². The van der Waals surface area contributed by atoms with E-state index in [4.69, 9.17) is 0 Å². The first-order valence-corrected chi connectivity index (χ1v) is 7.21. The van der Waals surface area contributed by atoms with E-state index < -0.39 is 5.60 Å². The van der Waals surface area contributed by atoms with Crippen molar-refractivity contribution in [3.8, 4) is 0 Å². The molecular weight excluding hydrogens is 252 g/mol. The lowest BCUT2D eigenvalue weighted by Gasteiger charge is -2.48. The van der Waals surface area contributed by atoms with Crippen LogP contribution in [0.5, 0.6) is 0 Å². The smallest absolute Gasteiger partial charge is 0.222 e. The van der Waals surface area contributed by atoms with E-state index in [0.717, 1.165) is 12.0 Å². The molecule has 2 rings (SSSR count). The fourth-order valence-corrected chi connectivity index (χ4v) is 2.59. The van der Waals surface area contributed by atoms with Crippen molar-refractivity contribution in [3.05, 3.63) is 30.1 Å². The summed E-state index contributed by atoms with van der Waals surface area (Å²) in [5, 5.41) is 10.4. The van der Waals surface area contributed by atoms with E-state index in [0.29, 0.717) is 25.9 Å². The molecule has 110 valence electrons. The third-order valence-electron chi connectivity index (χ3n) is 4.64. The summed E-state index contributed by atoms with van der Waals surface area (Å²) in [6, 6.07) is 3.89. The number of carbonyl (C=O) groups is 1. The number of carbonyl (C=O) groups excluding carboxylic acids is 1. The third-order valence-corrected chi connectivity index (χ3v) is 4.64. The lowest BCUT2D eigenvalue weighted by atomic mass is 9.71. The molecule has 1 atom stereocenters. The van der Waals surface area contributed by atoms with E-state index in [-0.39, 0.29) is 11.3 Å². The van der Waals surface area contributed by atoms with Crippen LogP contribution in [-0.4, -0.2) is 39.6 Å². The Morgan fingerprint density at radius 2 is 2.00 bits per heavy atom. The summed E-state index contributed by atoms with van der Waals surface area (Å²) < 4.78 is 0. The molecule has 20 heavy (non-hydrogen) atoms. The van der Waals surface area contributed by atoms with E-state index >= 15 is 0 Å². The summed E-state index contributed by atoms with van der Waals surface area (Å²) in [6.07, 6.45) is 5.40. The standard InChI is InChI=1S/C16H24N2O2/c1-15(2)12-18(11-8-16(15,3)20)14(19)5-4-13-6-9-17-10-7-13/h6-7,9-10,20H,4-5,8,11-12H2,1-3H3/t16-/m0/s1. The molecule has 0 radical (unpaired) electrons. The molecule has 0 spiro atoms. The van der Waals surface area contributed by atoms with Crippen LogP contribution >= 0.6 is 0 Å². The zero-order valence-electron chi connectivity index (χ0n) is 12.6. The second-order valence-corrected chi connectivity index (χ2v) is 6.58. The minimum atomic E-state index is -0.700. The van der Waals surface area contributed by atoms with Crippen LogP contribution in [0.1, 0.15) is 39.2 Å². The third kappa shape index (κ3) is 3.18. The van der Waals surface area contributed by atoms with Gasteiger partial charge in [-0.25, -0.2) is 0 Å². The molecule has 2 heterocycles. The van der Waals surface area contributed by atoms with Gasteiger partial charge in [0.25, 0.3) is 0 Å². The Kier molecular flexibility index (Phi) is 4.14. The highest BCUT2D eigenvalue weighted by Gasteiger charge is 2.44.